The smallest absolute Gasteiger partial charge is 0.410 e. The highest BCUT2D eigenvalue weighted by Gasteiger charge is 2.25. The molecule has 0 atom stereocenters. The Hall–Kier alpha value is -1.52. The van der Waals surface area contributed by atoms with Crippen molar-refractivity contribution in [2.45, 2.75) is 32.8 Å². The zero-order chi connectivity index (χ0) is 17.6. The molecular formula is C19H27ClN2O2. The molecule has 4 nitrogen and oxygen atoms in total. The minimum atomic E-state index is -0.435. The molecule has 2 rings (SSSR count). The topological polar surface area (TPSA) is 32.8 Å². The van der Waals surface area contributed by atoms with Gasteiger partial charge in [0.15, 0.2) is 0 Å². The Bertz CT molecular complexity index is 573. The van der Waals surface area contributed by atoms with Gasteiger partial charge in [0.2, 0.25) is 0 Å². The normalized spacial score (nSPS) is 16.6. The molecule has 0 saturated carbocycles. The maximum atomic E-state index is 12.0. The number of ether oxygens (including phenoxy) is 1. The predicted molar refractivity (Wildman–Crippen MR) is 98.5 cm³/mol. The molecular weight excluding hydrogens is 324 g/mol. The fraction of sp³-hybridized carbons (Fsp3) is 0.526. The average Bonchev–Trinajstić information content (AvgIpc) is 2.52. The third-order valence-electron chi connectivity index (χ3n) is 3.85. The first kappa shape index (κ1) is 18.8. The van der Waals surface area contributed by atoms with E-state index in [0.29, 0.717) is 13.1 Å². The van der Waals surface area contributed by atoms with E-state index in [1.54, 1.807) is 4.90 Å². The minimum Gasteiger partial charge on any atom is -0.444 e. The summed E-state index contributed by atoms with van der Waals surface area (Å²) in [6.07, 6.45) is 4.96. The quantitative estimate of drug-likeness (QED) is 0.770. The number of allylic oxidation sites excluding steroid dienone is 1. The van der Waals surface area contributed by atoms with Crippen LogP contribution in [0.3, 0.4) is 0 Å². The second-order valence-corrected chi connectivity index (χ2v) is 7.44. The molecule has 0 aromatic heterocycles. The lowest BCUT2D eigenvalue weighted by molar-refractivity contribution is 0.0154. The van der Waals surface area contributed by atoms with Crippen LogP contribution in [0.1, 0.15) is 26.3 Å². The summed E-state index contributed by atoms with van der Waals surface area (Å²) in [5.74, 6) is 0. The minimum absolute atomic E-state index is 0.212. The Kier molecular flexibility index (Phi) is 6.69. The van der Waals surface area contributed by atoms with Crippen molar-refractivity contribution < 1.29 is 9.53 Å². The van der Waals surface area contributed by atoms with Gasteiger partial charge in [-0.05, 0) is 38.8 Å². The Morgan fingerprint density at radius 2 is 1.83 bits per heavy atom. The monoisotopic (exact) mass is 350 g/mol. The predicted octanol–water partition coefficient (Wildman–Crippen LogP) is 3.99. The molecule has 5 heteroatoms. The Balaban J connectivity index is 1.70. The molecule has 1 aliphatic rings. The van der Waals surface area contributed by atoms with Crippen molar-refractivity contribution in [1.82, 2.24) is 9.80 Å². The van der Waals surface area contributed by atoms with Crippen LogP contribution in [0, 0.1) is 0 Å². The van der Waals surface area contributed by atoms with Gasteiger partial charge >= 0.3 is 6.09 Å². The number of hydrogen-bond donors (Lipinski definition) is 0. The molecule has 1 saturated heterocycles. The van der Waals surface area contributed by atoms with E-state index in [-0.39, 0.29) is 6.09 Å². The third-order valence-corrected chi connectivity index (χ3v) is 4.22. The van der Waals surface area contributed by atoms with E-state index < -0.39 is 5.60 Å². The highest BCUT2D eigenvalue weighted by molar-refractivity contribution is 6.31. The summed E-state index contributed by atoms with van der Waals surface area (Å²) in [5, 5.41) is 0.813. The van der Waals surface area contributed by atoms with E-state index in [1.165, 1.54) is 0 Å². The van der Waals surface area contributed by atoms with Gasteiger partial charge in [0, 0.05) is 37.7 Å². The molecule has 0 unspecified atom stereocenters. The van der Waals surface area contributed by atoms with Crippen LogP contribution in [0.5, 0.6) is 0 Å². The fourth-order valence-corrected chi connectivity index (χ4v) is 2.75. The zero-order valence-electron chi connectivity index (χ0n) is 14.8. The van der Waals surface area contributed by atoms with Crippen molar-refractivity contribution in [2.24, 2.45) is 0 Å². The first-order valence-corrected chi connectivity index (χ1v) is 8.81. The zero-order valence-corrected chi connectivity index (χ0v) is 15.6. The van der Waals surface area contributed by atoms with Gasteiger partial charge in [0.25, 0.3) is 0 Å². The number of carbonyl (C=O) groups excluding carboxylic acids is 1. The summed E-state index contributed by atoms with van der Waals surface area (Å²) in [4.78, 5) is 16.2. The lowest BCUT2D eigenvalue weighted by Gasteiger charge is -2.35. The average molecular weight is 351 g/mol. The SMILES string of the molecule is CC(C)(C)OC(=O)N1CCN(CC=CCc2ccccc2Cl)CC1. The third kappa shape index (κ3) is 6.17. The van der Waals surface area contributed by atoms with Crippen LogP contribution >= 0.6 is 11.6 Å². The lowest BCUT2D eigenvalue weighted by atomic mass is 10.1. The van der Waals surface area contributed by atoms with Crippen molar-refractivity contribution in [3.63, 3.8) is 0 Å². The summed E-state index contributed by atoms with van der Waals surface area (Å²) in [5.41, 5.74) is 0.709. The molecule has 24 heavy (non-hydrogen) atoms. The molecule has 0 N–H and O–H groups in total. The Labute approximate surface area is 150 Å². The fourth-order valence-electron chi connectivity index (χ4n) is 2.54. The van der Waals surface area contributed by atoms with E-state index in [1.807, 2.05) is 45.0 Å². The maximum Gasteiger partial charge on any atom is 0.410 e. The summed E-state index contributed by atoms with van der Waals surface area (Å²) in [6, 6.07) is 7.91. The largest absolute Gasteiger partial charge is 0.444 e. The number of carbonyl (C=O) groups is 1. The van der Waals surface area contributed by atoms with Crippen molar-refractivity contribution in [2.75, 3.05) is 32.7 Å². The number of benzene rings is 1. The molecule has 1 heterocycles. The van der Waals surface area contributed by atoms with Gasteiger partial charge in [0.05, 0.1) is 0 Å². The molecule has 0 radical (unpaired) electrons. The molecule has 1 aromatic carbocycles. The molecule has 1 amide bonds. The molecule has 0 bridgehead atoms. The number of hydrogen-bond acceptors (Lipinski definition) is 3. The molecule has 1 aliphatic heterocycles. The van der Waals surface area contributed by atoms with Crippen molar-refractivity contribution >= 4 is 17.7 Å². The second-order valence-electron chi connectivity index (χ2n) is 7.03. The summed E-state index contributed by atoms with van der Waals surface area (Å²) < 4.78 is 5.41. The molecule has 1 fully saturated rings. The van der Waals surface area contributed by atoms with Crippen LogP contribution in [0.4, 0.5) is 4.79 Å². The summed E-state index contributed by atoms with van der Waals surface area (Å²) >= 11 is 6.15. The van der Waals surface area contributed by atoms with Crippen LogP contribution in [0.15, 0.2) is 36.4 Å². The van der Waals surface area contributed by atoms with E-state index in [9.17, 15) is 4.79 Å². The van der Waals surface area contributed by atoms with E-state index in [4.69, 9.17) is 16.3 Å². The summed E-state index contributed by atoms with van der Waals surface area (Å²) in [6.45, 7) is 9.75. The van der Waals surface area contributed by atoms with Crippen LogP contribution in [-0.4, -0.2) is 54.2 Å². The van der Waals surface area contributed by atoms with Crippen molar-refractivity contribution in [3.8, 4) is 0 Å². The number of rotatable bonds is 4. The highest BCUT2D eigenvalue weighted by atomic mass is 35.5. The van der Waals surface area contributed by atoms with Crippen LogP contribution in [-0.2, 0) is 11.2 Å². The first-order valence-electron chi connectivity index (χ1n) is 8.44. The number of piperazine rings is 1. The van der Waals surface area contributed by atoms with Gasteiger partial charge in [-0.1, -0.05) is 42.0 Å². The van der Waals surface area contributed by atoms with E-state index in [0.717, 1.165) is 36.6 Å². The van der Waals surface area contributed by atoms with Gasteiger partial charge in [-0.2, -0.15) is 0 Å². The van der Waals surface area contributed by atoms with Gasteiger partial charge in [-0.25, -0.2) is 4.79 Å². The number of amides is 1. The standard InChI is InChI=1S/C19H27ClN2O2/c1-19(2,3)24-18(23)22-14-12-21(13-15-22)11-7-6-9-16-8-4-5-10-17(16)20/h4-8,10H,9,11-15H2,1-3H3. The van der Waals surface area contributed by atoms with Crippen LogP contribution in [0.25, 0.3) is 0 Å². The number of nitrogens with zero attached hydrogens (tertiary/aromatic N) is 2. The second kappa shape index (κ2) is 8.54. The lowest BCUT2D eigenvalue weighted by Crippen LogP contribution is -2.49. The van der Waals surface area contributed by atoms with Crippen molar-refractivity contribution in [1.29, 1.82) is 0 Å². The Morgan fingerprint density at radius 3 is 2.46 bits per heavy atom. The molecule has 0 spiro atoms. The van der Waals surface area contributed by atoms with E-state index >= 15 is 0 Å². The molecule has 132 valence electrons. The highest BCUT2D eigenvalue weighted by Crippen LogP contribution is 2.16. The van der Waals surface area contributed by atoms with Gasteiger partial charge in [-0.15, -0.1) is 0 Å². The number of halogens is 1. The van der Waals surface area contributed by atoms with Crippen molar-refractivity contribution in [3.05, 3.63) is 47.0 Å². The molecule has 0 aliphatic carbocycles. The maximum absolute atomic E-state index is 12.0. The molecule has 1 aromatic rings. The Morgan fingerprint density at radius 1 is 1.17 bits per heavy atom. The summed E-state index contributed by atoms with van der Waals surface area (Å²) in [7, 11) is 0. The van der Waals surface area contributed by atoms with Crippen LogP contribution in [0.2, 0.25) is 5.02 Å². The first-order chi connectivity index (χ1) is 11.3. The van der Waals surface area contributed by atoms with E-state index in [2.05, 4.69) is 17.1 Å². The van der Waals surface area contributed by atoms with Gasteiger partial charge in [-0.3, -0.25) is 4.90 Å². The van der Waals surface area contributed by atoms with Crippen LogP contribution < -0.4 is 0 Å². The van der Waals surface area contributed by atoms with Gasteiger partial charge in [0.1, 0.15) is 5.60 Å². The van der Waals surface area contributed by atoms with Gasteiger partial charge < -0.3 is 9.64 Å².